The first-order valence-electron chi connectivity index (χ1n) is 11.7. The minimum absolute atomic E-state index is 0.0227. The Labute approximate surface area is 210 Å². The highest BCUT2D eigenvalue weighted by Gasteiger charge is 2.46. The first kappa shape index (κ1) is 26.7. The van der Waals surface area contributed by atoms with E-state index in [1.807, 2.05) is 24.3 Å². The first-order chi connectivity index (χ1) is 16.7. The topological polar surface area (TPSA) is 142 Å². The van der Waals surface area contributed by atoms with E-state index in [2.05, 4.69) is 10.3 Å². The highest BCUT2D eigenvalue weighted by atomic mass is 16.6. The molecule has 0 radical (unpaired) electrons. The summed E-state index contributed by atoms with van der Waals surface area (Å²) < 4.78 is 11.4. The summed E-state index contributed by atoms with van der Waals surface area (Å²) in [6, 6.07) is 8.72. The van der Waals surface area contributed by atoms with Gasteiger partial charge in [0.25, 0.3) is 0 Å². The number of carboxylic acid groups (broad SMARTS) is 1. The molecule has 2 heterocycles. The average molecular weight is 497 g/mol. The zero-order valence-corrected chi connectivity index (χ0v) is 21.4. The fourth-order valence-corrected chi connectivity index (χ4v) is 4.07. The number of ether oxygens (including phenoxy) is 2. The molecule has 1 saturated heterocycles. The van der Waals surface area contributed by atoms with Gasteiger partial charge in [-0.05, 0) is 43.7 Å². The number of alkyl carbamates (subject to hydrolysis) is 1. The van der Waals surface area contributed by atoms with Gasteiger partial charge in [-0.2, -0.15) is 5.26 Å². The lowest BCUT2D eigenvalue weighted by Gasteiger charge is -2.35. The van der Waals surface area contributed by atoms with Crippen molar-refractivity contribution in [1.29, 1.82) is 5.26 Å². The molecule has 3 unspecified atom stereocenters. The van der Waals surface area contributed by atoms with Crippen molar-refractivity contribution < 1.29 is 29.0 Å². The second kappa shape index (κ2) is 10.0. The van der Waals surface area contributed by atoms with Crippen LogP contribution < -0.4 is 10.1 Å². The van der Waals surface area contributed by atoms with Gasteiger partial charge in [0.05, 0.1) is 6.54 Å². The molecule has 1 fully saturated rings. The molecule has 1 aromatic heterocycles. The van der Waals surface area contributed by atoms with Crippen LogP contribution in [0.5, 0.6) is 5.88 Å². The number of carbonyl (C=O) groups is 3. The number of hydrogen-bond donors (Lipinski definition) is 2. The average Bonchev–Trinajstić information content (AvgIpc) is 3.19. The molecular formula is C26H32N4O6. The first-order valence-corrected chi connectivity index (χ1v) is 11.7. The van der Waals surface area contributed by atoms with Crippen molar-refractivity contribution in [3.8, 4) is 11.9 Å². The van der Waals surface area contributed by atoms with Crippen LogP contribution in [-0.2, 0) is 14.3 Å². The van der Waals surface area contributed by atoms with Gasteiger partial charge in [0.1, 0.15) is 35.6 Å². The molecule has 1 aliphatic rings. The van der Waals surface area contributed by atoms with E-state index in [1.54, 1.807) is 53.7 Å². The van der Waals surface area contributed by atoms with E-state index in [1.165, 1.54) is 4.90 Å². The fraction of sp³-hybridized carbons (Fsp3) is 0.500. The van der Waals surface area contributed by atoms with E-state index < -0.39 is 47.2 Å². The summed E-state index contributed by atoms with van der Waals surface area (Å²) in [4.78, 5) is 43.6. The Balaban J connectivity index is 1.87. The van der Waals surface area contributed by atoms with Crippen LogP contribution in [0.15, 0.2) is 30.3 Å². The third-order valence-corrected chi connectivity index (χ3v) is 5.70. The van der Waals surface area contributed by atoms with E-state index in [0.29, 0.717) is 5.39 Å². The Bertz CT molecular complexity index is 1210. The molecule has 3 rings (SSSR count). The second-order valence-electron chi connectivity index (χ2n) is 10.9. The lowest BCUT2D eigenvalue weighted by molar-refractivity contribution is -0.150. The molecule has 2 amide bonds. The third-order valence-electron chi connectivity index (χ3n) is 5.70. The second-order valence-corrected chi connectivity index (χ2v) is 10.9. The maximum atomic E-state index is 13.6. The van der Waals surface area contributed by atoms with Crippen LogP contribution in [0.25, 0.3) is 10.8 Å². The van der Waals surface area contributed by atoms with Crippen molar-refractivity contribution in [3.63, 3.8) is 0 Å². The molecule has 192 valence electrons. The van der Waals surface area contributed by atoms with Gasteiger partial charge in [-0.25, -0.2) is 14.6 Å². The number of fused-ring (bicyclic) bond motifs is 1. The maximum absolute atomic E-state index is 13.6. The van der Waals surface area contributed by atoms with Crippen molar-refractivity contribution in [1.82, 2.24) is 15.2 Å². The quantitative estimate of drug-likeness (QED) is 0.641. The number of benzene rings is 1. The molecule has 2 aromatic rings. The number of carboxylic acids is 1. The summed E-state index contributed by atoms with van der Waals surface area (Å²) >= 11 is 0. The predicted molar refractivity (Wildman–Crippen MR) is 131 cm³/mol. The van der Waals surface area contributed by atoms with Crippen molar-refractivity contribution in [2.75, 3.05) is 6.54 Å². The van der Waals surface area contributed by atoms with Crippen molar-refractivity contribution >= 4 is 28.7 Å². The smallest absolute Gasteiger partial charge is 0.408 e. The maximum Gasteiger partial charge on any atom is 0.408 e. The van der Waals surface area contributed by atoms with Gasteiger partial charge in [-0.3, -0.25) is 4.79 Å². The van der Waals surface area contributed by atoms with E-state index in [-0.39, 0.29) is 24.5 Å². The van der Waals surface area contributed by atoms with Crippen molar-refractivity contribution in [3.05, 3.63) is 36.0 Å². The number of aromatic nitrogens is 1. The predicted octanol–water partition coefficient (Wildman–Crippen LogP) is 3.48. The lowest BCUT2D eigenvalue weighted by atomic mass is 9.85. The van der Waals surface area contributed by atoms with Gasteiger partial charge in [-0.1, -0.05) is 39.0 Å². The summed E-state index contributed by atoms with van der Waals surface area (Å²) in [5.41, 5.74) is -1.33. The normalized spacial score (nSPS) is 18.9. The van der Waals surface area contributed by atoms with Crippen LogP contribution in [0, 0.1) is 16.7 Å². The molecule has 1 aromatic carbocycles. The molecule has 10 heteroatoms. The summed E-state index contributed by atoms with van der Waals surface area (Å²) in [6.07, 6.45) is -1.42. The molecule has 1 aliphatic heterocycles. The monoisotopic (exact) mass is 496 g/mol. The molecule has 2 N–H and O–H groups in total. The number of amides is 2. The summed E-state index contributed by atoms with van der Waals surface area (Å²) in [6.45, 7) is 10.4. The van der Waals surface area contributed by atoms with Gasteiger partial charge < -0.3 is 24.8 Å². The Morgan fingerprint density at radius 3 is 2.44 bits per heavy atom. The number of hydrogen-bond acceptors (Lipinski definition) is 7. The van der Waals surface area contributed by atoms with E-state index in [9.17, 15) is 24.8 Å². The Hall–Kier alpha value is -3.87. The minimum atomic E-state index is -1.18. The van der Waals surface area contributed by atoms with Gasteiger partial charge in [0.2, 0.25) is 11.8 Å². The van der Waals surface area contributed by atoms with Crippen molar-refractivity contribution in [2.45, 2.75) is 71.8 Å². The fourth-order valence-electron chi connectivity index (χ4n) is 4.07. The number of nitrogens with one attached hydrogen (secondary N) is 1. The van der Waals surface area contributed by atoms with Crippen LogP contribution in [0.2, 0.25) is 0 Å². The van der Waals surface area contributed by atoms with Crippen LogP contribution >= 0.6 is 0 Å². The number of pyridine rings is 1. The SMILES string of the molecule is CC(C)(C)OC(=O)NC(C(=O)N1CC(Oc2nc(C#N)cc3ccccc23)CC1C(=O)O)C(C)(C)C. The van der Waals surface area contributed by atoms with E-state index in [4.69, 9.17) is 9.47 Å². The zero-order valence-electron chi connectivity index (χ0n) is 21.4. The molecule has 36 heavy (non-hydrogen) atoms. The minimum Gasteiger partial charge on any atom is -0.480 e. The number of nitrogens with zero attached hydrogens (tertiary/aromatic N) is 3. The molecule has 3 atom stereocenters. The third kappa shape index (κ3) is 6.22. The van der Waals surface area contributed by atoms with E-state index in [0.717, 1.165) is 5.39 Å². The number of carbonyl (C=O) groups excluding carboxylic acids is 2. The highest BCUT2D eigenvalue weighted by molar-refractivity contribution is 5.91. The lowest BCUT2D eigenvalue weighted by Crippen LogP contribution is -2.57. The largest absolute Gasteiger partial charge is 0.480 e. The number of rotatable bonds is 5. The number of aliphatic carboxylic acids is 1. The molecule has 0 aliphatic carbocycles. The Kier molecular flexibility index (Phi) is 7.43. The van der Waals surface area contributed by atoms with Crippen LogP contribution in [0.4, 0.5) is 4.79 Å². The molecular weight excluding hydrogens is 464 g/mol. The highest BCUT2D eigenvalue weighted by Crippen LogP contribution is 2.31. The number of likely N-dealkylation sites (tertiary alicyclic amines) is 1. The summed E-state index contributed by atoms with van der Waals surface area (Å²) in [5, 5.41) is 23.3. The van der Waals surface area contributed by atoms with Gasteiger partial charge in [0.15, 0.2) is 0 Å². The standard InChI is InChI=1S/C26H32N4O6/c1-25(2,3)20(29-24(34)36-26(4,5)6)22(31)30-14-17(12-19(30)23(32)33)35-21-18-10-8-7-9-15(18)11-16(13-27)28-21/h7-11,17,19-20H,12,14H2,1-6H3,(H,29,34)(H,32,33). The molecule has 0 saturated carbocycles. The van der Waals surface area contributed by atoms with Crippen molar-refractivity contribution in [2.24, 2.45) is 5.41 Å². The Morgan fingerprint density at radius 2 is 1.86 bits per heavy atom. The molecule has 10 nitrogen and oxygen atoms in total. The zero-order chi connectivity index (χ0) is 26.8. The van der Waals surface area contributed by atoms with Gasteiger partial charge in [0, 0.05) is 11.8 Å². The Morgan fingerprint density at radius 1 is 1.19 bits per heavy atom. The molecule has 0 spiro atoms. The van der Waals surface area contributed by atoms with E-state index >= 15 is 0 Å². The number of nitriles is 1. The van der Waals surface area contributed by atoms with Crippen LogP contribution in [0.1, 0.15) is 53.7 Å². The van der Waals surface area contributed by atoms with Crippen LogP contribution in [0.3, 0.4) is 0 Å². The summed E-state index contributed by atoms with van der Waals surface area (Å²) in [7, 11) is 0. The van der Waals surface area contributed by atoms with Crippen LogP contribution in [-0.4, -0.2) is 63.3 Å². The summed E-state index contributed by atoms with van der Waals surface area (Å²) in [5.74, 6) is -1.52. The van der Waals surface area contributed by atoms with Gasteiger partial charge in [-0.15, -0.1) is 0 Å². The van der Waals surface area contributed by atoms with Gasteiger partial charge >= 0.3 is 12.1 Å². The molecule has 0 bridgehead atoms.